The number of benzene rings is 3. The van der Waals surface area contributed by atoms with Crippen molar-refractivity contribution >= 4 is 17.7 Å². The molecule has 1 N–H and O–H groups in total. The maximum atomic E-state index is 12.7. The van der Waals surface area contributed by atoms with E-state index in [2.05, 4.69) is 5.32 Å². The van der Waals surface area contributed by atoms with Gasteiger partial charge in [0.25, 0.3) is 5.91 Å². The number of nitriles is 1. The summed E-state index contributed by atoms with van der Waals surface area (Å²) in [5, 5.41) is 12.4. The second-order valence-corrected chi connectivity index (χ2v) is 7.32. The van der Waals surface area contributed by atoms with E-state index in [1.807, 2.05) is 68.4 Å². The first-order chi connectivity index (χ1) is 15.5. The van der Waals surface area contributed by atoms with E-state index in [0.29, 0.717) is 29.4 Å². The number of carbonyl (C=O) groups is 1. The summed E-state index contributed by atoms with van der Waals surface area (Å²) < 4.78 is 11.4. The molecule has 0 aromatic heterocycles. The summed E-state index contributed by atoms with van der Waals surface area (Å²) in [5.74, 6) is 0.664. The van der Waals surface area contributed by atoms with E-state index < -0.39 is 5.91 Å². The van der Waals surface area contributed by atoms with Crippen LogP contribution in [0.4, 0.5) is 5.69 Å². The summed E-state index contributed by atoms with van der Waals surface area (Å²) in [6, 6.07) is 23.0. The Bertz CT molecular complexity index is 1160. The first-order valence-electron chi connectivity index (χ1n) is 10.4. The number of carbonyl (C=O) groups excluding carboxylic acids is 1. The Labute approximate surface area is 188 Å². The summed E-state index contributed by atoms with van der Waals surface area (Å²) in [5.41, 5.74) is 4.63. The highest BCUT2D eigenvalue weighted by molar-refractivity contribution is 6.10. The number of rotatable bonds is 8. The molecule has 0 atom stereocenters. The van der Waals surface area contributed by atoms with Crippen molar-refractivity contribution in [3.05, 3.63) is 94.6 Å². The third-order valence-corrected chi connectivity index (χ3v) is 5.03. The molecule has 0 aliphatic heterocycles. The lowest BCUT2D eigenvalue weighted by Gasteiger charge is -2.12. The molecule has 5 heteroatoms. The Morgan fingerprint density at radius 2 is 1.81 bits per heavy atom. The summed E-state index contributed by atoms with van der Waals surface area (Å²) in [6.07, 6.45) is 2.32. The summed E-state index contributed by atoms with van der Waals surface area (Å²) in [7, 11) is 1.56. The van der Waals surface area contributed by atoms with E-state index in [4.69, 9.17) is 9.47 Å². The molecule has 162 valence electrons. The van der Waals surface area contributed by atoms with E-state index in [1.54, 1.807) is 25.3 Å². The average Bonchev–Trinajstić information content (AvgIpc) is 2.82. The lowest BCUT2D eigenvalue weighted by atomic mass is 10.1. The normalized spacial score (nSPS) is 10.9. The van der Waals surface area contributed by atoms with Crippen LogP contribution in [-0.4, -0.2) is 13.0 Å². The predicted octanol–water partition coefficient (Wildman–Crippen LogP) is 5.69. The molecular weight excluding hydrogens is 400 g/mol. The van der Waals surface area contributed by atoms with Crippen molar-refractivity contribution in [3.63, 3.8) is 0 Å². The van der Waals surface area contributed by atoms with Crippen LogP contribution in [0.25, 0.3) is 6.08 Å². The van der Waals surface area contributed by atoms with Crippen molar-refractivity contribution in [2.75, 3.05) is 12.4 Å². The number of nitrogens with zero attached hydrogens (tertiary/aromatic N) is 1. The van der Waals surface area contributed by atoms with Gasteiger partial charge >= 0.3 is 0 Å². The van der Waals surface area contributed by atoms with Gasteiger partial charge in [0.05, 0.1) is 7.11 Å². The monoisotopic (exact) mass is 426 g/mol. The molecule has 3 aromatic rings. The molecule has 0 heterocycles. The third-order valence-electron chi connectivity index (χ3n) is 5.03. The first-order valence-corrected chi connectivity index (χ1v) is 10.4. The van der Waals surface area contributed by atoms with E-state index >= 15 is 0 Å². The van der Waals surface area contributed by atoms with Gasteiger partial charge in [-0.1, -0.05) is 61.0 Å². The van der Waals surface area contributed by atoms with E-state index in [-0.39, 0.29) is 5.57 Å². The highest BCUT2D eigenvalue weighted by Gasteiger charge is 2.12. The Hall–Kier alpha value is -4.04. The standard InChI is InChI=1S/C27H26N2O3/c1-4-22-7-5-6-8-24(22)29-27(30)23(17-28)15-21-13-14-25(26(16-21)31-3)32-18-20-11-9-19(2)10-12-20/h5-16H,4,18H2,1-3H3,(H,29,30)/b23-15+. The smallest absolute Gasteiger partial charge is 0.266 e. The van der Waals surface area contributed by atoms with Crippen LogP contribution in [0.3, 0.4) is 0 Å². The molecule has 0 unspecified atom stereocenters. The molecule has 32 heavy (non-hydrogen) atoms. The van der Waals surface area contributed by atoms with Crippen LogP contribution in [0.1, 0.15) is 29.2 Å². The van der Waals surface area contributed by atoms with Gasteiger partial charge in [-0.15, -0.1) is 0 Å². The summed E-state index contributed by atoms with van der Waals surface area (Å²) >= 11 is 0. The number of anilines is 1. The predicted molar refractivity (Wildman–Crippen MR) is 127 cm³/mol. The van der Waals surface area contributed by atoms with Gasteiger partial charge < -0.3 is 14.8 Å². The fraction of sp³-hybridized carbons (Fsp3) is 0.185. The molecule has 0 spiro atoms. The number of aryl methyl sites for hydroxylation is 2. The number of nitrogens with one attached hydrogen (secondary N) is 1. The maximum absolute atomic E-state index is 12.7. The minimum atomic E-state index is -0.452. The molecule has 0 aliphatic rings. The Morgan fingerprint density at radius 3 is 2.50 bits per heavy atom. The van der Waals surface area contributed by atoms with Crippen LogP contribution in [0.15, 0.2) is 72.3 Å². The summed E-state index contributed by atoms with van der Waals surface area (Å²) in [6.45, 7) is 4.47. The molecule has 0 saturated heterocycles. The van der Waals surface area contributed by atoms with Gasteiger partial charge in [0, 0.05) is 5.69 Å². The topological polar surface area (TPSA) is 71.4 Å². The Morgan fingerprint density at radius 1 is 1.06 bits per heavy atom. The quantitative estimate of drug-likeness (QED) is 0.371. The molecule has 0 saturated carbocycles. The molecule has 3 aromatic carbocycles. The molecule has 5 nitrogen and oxygen atoms in total. The van der Waals surface area contributed by atoms with Gasteiger partial charge in [-0.25, -0.2) is 0 Å². The van der Waals surface area contributed by atoms with E-state index in [0.717, 1.165) is 17.5 Å². The second kappa shape index (κ2) is 10.8. The van der Waals surface area contributed by atoms with Crippen LogP contribution in [0, 0.1) is 18.3 Å². The molecule has 0 aliphatic carbocycles. The fourth-order valence-corrected chi connectivity index (χ4v) is 3.19. The number of para-hydroxylation sites is 1. The first kappa shape index (κ1) is 22.6. The number of amides is 1. The Balaban J connectivity index is 1.76. The molecule has 3 rings (SSSR count). The molecular formula is C27H26N2O3. The second-order valence-electron chi connectivity index (χ2n) is 7.32. The lowest BCUT2D eigenvalue weighted by Crippen LogP contribution is -2.14. The van der Waals surface area contributed by atoms with Gasteiger partial charge in [-0.3, -0.25) is 4.79 Å². The van der Waals surface area contributed by atoms with Crippen molar-refractivity contribution in [1.82, 2.24) is 0 Å². The van der Waals surface area contributed by atoms with Crippen molar-refractivity contribution in [3.8, 4) is 17.6 Å². The zero-order valence-corrected chi connectivity index (χ0v) is 18.5. The zero-order valence-electron chi connectivity index (χ0n) is 18.5. The maximum Gasteiger partial charge on any atom is 0.266 e. The number of hydrogen-bond donors (Lipinski definition) is 1. The van der Waals surface area contributed by atoms with Crippen LogP contribution in [-0.2, 0) is 17.8 Å². The number of methoxy groups -OCH3 is 1. The van der Waals surface area contributed by atoms with Gasteiger partial charge in [0.1, 0.15) is 18.2 Å². The molecule has 1 amide bonds. The van der Waals surface area contributed by atoms with Crippen LogP contribution >= 0.6 is 0 Å². The Kier molecular flexibility index (Phi) is 7.66. The zero-order chi connectivity index (χ0) is 22.9. The van der Waals surface area contributed by atoms with E-state index in [1.165, 1.54) is 11.6 Å². The minimum absolute atomic E-state index is 0.00582. The highest BCUT2D eigenvalue weighted by atomic mass is 16.5. The van der Waals surface area contributed by atoms with E-state index in [9.17, 15) is 10.1 Å². The largest absolute Gasteiger partial charge is 0.493 e. The average molecular weight is 427 g/mol. The molecule has 0 fully saturated rings. The number of ether oxygens (including phenoxy) is 2. The van der Waals surface area contributed by atoms with Gasteiger partial charge in [0.2, 0.25) is 0 Å². The van der Waals surface area contributed by atoms with Crippen LogP contribution in [0.2, 0.25) is 0 Å². The van der Waals surface area contributed by atoms with Crippen molar-refractivity contribution in [1.29, 1.82) is 5.26 Å². The molecule has 0 bridgehead atoms. The van der Waals surface area contributed by atoms with Crippen molar-refractivity contribution < 1.29 is 14.3 Å². The fourth-order valence-electron chi connectivity index (χ4n) is 3.19. The van der Waals surface area contributed by atoms with Crippen molar-refractivity contribution in [2.24, 2.45) is 0 Å². The lowest BCUT2D eigenvalue weighted by molar-refractivity contribution is -0.112. The van der Waals surface area contributed by atoms with Gasteiger partial charge in [0.15, 0.2) is 11.5 Å². The van der Waals surface area contributed by atoms with Crippen LogP contribution < -0.4 is 14.8 Å². The van der Waals surface area contributed by atoms with Gasteiger partial charge in [-0.2, -0.15) is 5.26 Å². The third kappa shape index (κ3) is 5.77. The van der Waals surface area contributed by atoms with Gasteiger partial charge in [-0.05, 0) is 54.3 Å². The van der Waals surface area contributed by atoms with Crippen molar-refractivity contribution in [2.45, 2.75) is 26.9 Å². The summed E-state index contributed by atoms with van der Waals surface area (Å²) in [4.78, 5) is 12.7. The SMILES string of the molecule is CCc1ccccc1NC(=O)/C(C#N)=C/c1ccc(OCc2ccc(C)cc2)c(OC)c1. The van der Waals surface area contributed by atoms with Crippen LogP contribution in [0.5, 0.6) is 11.5 Å². The molecule has 0 radical (unpaired) electrons. The highest BCUT2D eigenvalue weighted by Crippen LogP contribution is 2.30. The number of hydrogen-bond acceptors (Lipinski definition) is 4. The minimum Gasteiger partial charge on any atom is -0.493 e.